The van der Waals surface area contributed by atoms with Crippen molar-refractivity contribution < 1.29 is 49.1 Å². The minimum atomic E-state index is -1.83. The topological polar surface area (TPSA) is 297 Å². The molecule has 46 heavy (non-hydrogen) atoms. The third-order valence-electron chi connectivity index (χ3n) is 6.51. The number of oxime groups is 1. The second kappa shape index (κ2) is 13.0. The first kappa shape index (κ1) is 32.1. The van der Waals surface area contributed by atoms with E-state index >= 15 is 0 Å². The van der Waals surface area contributed by atoms with Crippen molar-refractivity contribution in [3.63, 3.8) is 0 Å². The highest BCUT2D eigenvalue weighted by atomic mass is 32.2. The fourth-order valence-electron chi connectivity index (χ4n) is 4.34. The summed E-state index contributed by atoms with van der Waals surface area (Å²) in [6, 6.07) is 3.44. The molecule has 4 heterocycles. The number of nitrogens with one attached hydrogen (secondary N) is 1. The summed E-state index contributed by atoms with van der Waals surface area (Å²) in [5, 5.41) is 48.3. The largest absolute Gasteiger partial charge is 0.543 e. The summed E-state index contributed by atoms with van der Waals surface area (Å²) < 4.78 is 1.21. The van der Waals surface area contributed by atoms with Crippen LogP contribution in [0.2, 0.25) is 0 Å². The molecule has 2 aliphatic rings. The number of aromatic hydroxyl groups is 2. The molecular formula is C25H23N9O9S3. The maximum atomic E-state index is 13.4. The van der Waals surface area contributed by atoms with Crippen molar-refractivity contribution in [2.45, 2.75) is 22.7 Å². The van der Waals surface area contributed by atoms with Crippen LogP contribution in [0.3, 0.4) is 0 Å². The van der Waals surface area contributed by atoms with Crippen LogP contribution in [0.25, 0.3) is 0 Å². The highest BCUT2D eigenvalue weighted by molar-refractivity contribution is 8.01. The Balaban J connectivity index is 1.35. The minimum Gasteiger partial charge on any atom is -0.543 e. The lowest BCUT2D eigenvalue weighted by molar-refractivity contribution is -0.682. The number of nitrogens with two attached hydrogens (primary N) is 3. The molecule has 5 rings (SSSR count). The first-order chi connectivity index (χ1) is 21.8. The van der Waals surface area contributed by atoms with E-state index in [2.05, 4.69) is 20.4 Å². The van der Waals surface area contributed by atoms with E-state index in [0.717, 1.165) is 40.1 Å². The van der Waals surface area contributed by atoms with Crippen LogP contribution < -0.4 is 32.4 Å². The van der Waals surface area contributed by atoms with Gasteiger partial charge in [0.15, 0.2) is 22.3 Å². The zero-order valence-electron chi connectivity index (χ0n) is 23.1. The van der Waals surface area contributed by atoms with Crippen molar-refractivity contribution in [1.29, 1.82) is 0 Å². The van der Waals surface area contributed by atoms with Crippen LogP contribution in [0.1, 0.15) is 17.4 Å². The summed E-state index contributed by atoms with van der Waals surface area (Å²) >= 11 is 3.24. The molecule has 0 saturated carbocycles. The van der Waals surface area contributed by atoms with E-state index < -0.39 is 58.5 Å². The number of thioether (sulfide) groups is 2. The second-order valence-electron chi connectivity index (χ2n) is 9.51. The number of nitrogens with zero attached hydrogens (tertiary/aromatic N) is 5. The lowest BCUT2D eigenvalue weighted by atomic mass is 10.0. The maximum absolute atomic E-state index is 13.4. The molecule has 240 valence electrons. The van der Waals surface area contributed by atoms with Gasteiger partial charge in [0.05, 0.1) is 11.7 Å². The average Bonchev–Trinajstić information content (AvgIpc) is 3.44. The molecule has 10 N–H and O–H groups in total. The van der Waals surface area contributed by atoms with Crippen LogP contribution in [0, 0.1) is 0 Å². The maximum Gasteiger partial charge on any atom is 0.384 e. The average molecular weight is 690 g/mol. The zero-order valence-corrected chi connectivity index (χ0v) is 25.5. The number of carboxylic acid groups (broad SMARTS) is 2. The van der Waals surface area contributed by atoms with Crippen LogP contribution in [0.15, 0.2) is 57.4 Å². The van der Waals surface area contributed by atoms with E-state index in [4.69, 9.17) is 22.1 Å². The number of carbonyl (C=O) groups excluding carboxylic acids is 3. The van der Waals surface area contributed by atoms with Crippen LogP contribution in [-0.2, 0) is 24.0 Å². The van der Waals surface area contributed by atoms with Gasteiger partial charge in [0, 0.05) is 28.5 Å². The standard InChI is InChI=1S/C25H23N9O9S3/c26-14-3-4-33(28)25(30-14)46-7-10-6-44-21-16(20(38)34(21)17(10)22(39)40)31-19(37)15(11-8-45-24(27)29-11)32-43-18(23(41)42)9-1-2-12(35)13(36)5-9/h1-5,8,16,18,21,26H,6-7,28H2,(H7,27,29,31,32,35,36,37,39,40,41,42). The number of carboxylic acids is 2. The lowest BCUT2D eigenvalue weighted by Gasteiger charge is -2.50. The number of carbonyl (C=O) groups is 4. The number of fused-ring (bicyclic) bond motifs is 1. The predicted octanol–water partition coefficient (Wildman–Crippen LogP) is -2.14. The highest BCUT2D eigenvalue weighted by Crippen LogP contribution is 2.41. The first-order valence-corrected chi connectivity index (χ1v) is 15.7. The smallest absolute Gasteiger partial charge is 0.384 e. The van der Waals surface area contributed by atoms with Gasteiger partial charge >= 0.3 is 11.1 Å². The number of hydrogen-bond acceptors (Lipinski definition) is 17. The Morgan fingerprint density at radius 2 is 2.00 bits per heavy atom. The number of amides is 2. The second-order valence-corrected chi connectivity index (χ2v) is 12.5. The van der Waals surface area contributed by atoms with Gasteiger partial charge < -0.3 is 46.8 Å². The molecule has 2 amide bonds. The van der Waals surface area contributed by atoms with Crippen LogP contribution in [-0.4, -0.2) is 82.6 Å². The van der Waals surface area contributed by atoms with E-state index in [9.17, 15) is 39.6 Å². The minimum absolute atomic E-state index is 0.0464. The van der Waals surface area contributed by atoms with Gasteiger partial charge in [0.1, 0.15) is 23.3 Å². The third-order valence-corrected chi connectivity index (χ3v) is 9.58. The molecule has 1 fully saturated rings. The van der Waals surface area contributed by atoms with Crippen LogP contribution in [0.5, 0.6) is 11.5 Å². The fourth-order valence-corrected chi connectivity index (χ4v) is 7.28. The molecule has 21 heteroatoms. The number of phenolic OH excluding ortho intramolecular Hbond substituents is 2. The molecule has 2 aliphatic heterocycles. The molecule has 0 spiro atoms. The number of aromatic nitrogens is 3. The molecule has 1 aromatic carbocycles. The van der Waals surface area contributed by atoms with Crippen molar-refractivity contribution in [3.05, 3.63) is 58.4 Å². The Morgan fingerprint density at radius 3 is 2.65 bits per heavy atom. The molecule has 0 aliphatic carbocycles. The van der Waals surface area contributed by atoms with E-state index in [1.807, 2.05) is 0 Å². The Kier molecular flexibility index (Phi) is 9.07. The van der Waals surface area contributed by atoms with Gasteiger partial charge in [-0.05, 0) is 34.5 Å². The summed E-state index contributed by atoms with van der Waals surface area (Å²) in [7, 11) is 0. The fraction of sp³-hybridized carbons (Fsp3) is 0.200. The Hall–Kier alpha value is -5.28. The number of thiazole rings is 1. The number of phenols is 2. The van der Waals surface area contributed by atoms with E-state index in [0.29, 0.717) is 10.7 Å². The summed E-state index contributed by atoms with van der Waals surface area (Å²) in [5.41, 5.74) is 10.7. The summed E-state index contributed by atoms with van der Waals surface area (Å²) in [4.78, 5) is 65.0. The quantitative estimate of drug-likeness (QED) is 0.0165. The van der Waals surface area contributed by atoms with E-state index in [-0.39, 0.29) is 39.4 Å². The SMILES string of the molecule is Nc1cc[n+](N)c(SCC2=C(C(=O)[O-])N3C(=O)C(NC(=O)/C(=N\OC(C(=O)O)c4ccc(O)c(O)c4)c4csc(N)n4)C3SC2)n1. The van der Waals surface area contributed by atoms with Gasteiger partial charge in [-0.3, -0.25) is 20.3 Å². The van der Waals surface area contributed by atoms with Crippen molar-refractivity contribution in [1.82, 2.24) is 20.2 Å². The molecule has 1 saturated heterocycles. The van der Waals surface area contributed by atoms with Crippen LogP contribution in [0.4, 0.5) is 10.9 Å². The van der Waals surface area contributed by atoms with Crippen molar-refractivity contribution in [2.24, 2.45) is 5.16 Å². The normalized spacial score (nSPS) is 18.4. The summed E-state index contributed by atoms with van der Waals surface area (Å²) in [6.07, 6.45) is -0.345. The molecule has 3 aromatic rings. The van der Waals surface area contributed by atoms with E-state index in [1.54, 1.807) is 0 Å². The first-order valence-electron chi connectivity index (χ1n) is 12.8. The monoisotopic (exact) mass is 689 g/mol. The van der Waals surface area contributed by atoms with E-state index in [1.165, 1.54) is 40.1 Å². The number of anilines is 2. The van der Waals surface area contributed by atoms with Gasteiger partial charge in [0.25, 0.3) is 11.8 Å². The third kappa shape index (κ3) is 6.41. The van der Waals surface area contributed by atoms with Crippen molar-refractivity contribution in [3.8, 4) is 11.5 Å². The Bertz CT molecular complexity index is 1820. The number of hydrogen-bond donors (Lipinski definition) is 7. The molecule has 3 atom stereocenters. The van der Waals surface area contributed by atoms with Gasteiger partial charge in [-0.2, -0.15) is 0 Å². The Labute approximate surface area is 270 Å². The van der Waals surface area contributed by atoms with Crippen LogP contribution >= 0.6 is 34.9 Å². The number of aliphatic carboxylic acids is 2. The number of nitrogen functional groups attached to an aromatic ring is 3. The number of benzene rings is 1. The molecule has 3 unspecified atom stereocenters. The summed E-state index contributed by atoms with van der Waals surface area (Å²) in [6.45, 7) is 0. The predicted molar refractivity (Wildman–Crippen MR) is 161 cm³/mol. The Morgan fingerprint density at radius 1 is 1.24 bits per heavy atom. The molecule has 0 radical (unpaired) electrons. The number of β-lactam (4-membered cyclic amide) rings is 1. The molecule has 2 aromatic heterocycles. The summed E-state index contributed by atoms with van der Waals surface area (Å²) in [5.74, 6) is 0.330. The van der Waals surface area contributed by atoms with Crippen molar-refractivity contribution in [2.75, 3.05) is 28.8 Å². The zero-order chi connectivity index (χ0) is 33.3. The molecular weight excluding hydrogens is 667 g/mol. The van der Waals surface area contributed by atoms with Gasteiger partial charge in [0.2, 0.25) is 11.9 Å². The van der Waals surface area contributed by atoms with Gasteiger partial charge in [-0.1, -0.05) is 11.2 Å². The van der Waals surface area contributed by atoms with Gasteiger partial charge in [-0.25, -0.2) is 9.78 Å². The lowest BCUT2D eigenvalue weighted by Crippen LogP contribution is -2.71. The highest BCUT2D eigenvalue weighted by Gasteiger charge is 2.53. The molecule has 0 bridgehead atoms. The number of rotatable bonds is 11. The van der Waals surface area contributed by atoms with Gasteiger partial charge in [-0.15, -0.1) is 27.8 Å². The van der Waals surface area contributed by atoms with Crippen molar-refractivity contribution >= 4 is 75.3 Å². The molecule has 18 nitrogen and oxygen atoms in total.